The highest BCUT2D eigenvalue weighted by atomic mass is 35.5. The van der Waals surface area contributed by atoms with Gasteiger partial charge in [-0.05, 0) is 31.2 Å². The minimum atomic E-state index is -0.360. The Bertz CT molecular complexity index is 619. The normalized spacial score (nSPS) is 10.3. The van der Waals surface area contributed by atoms with E-state index >= 15 is 0 Å². The van der Waals surface area contributed by atoms with Gasteiger partial charge in [-0.2, -0.15) is 0 Å². The van der Waals surface area contributed by atoms with Crippen molar-refractivity contribution in [1.82, 2.24) is 0 Å². The number of hydrogen-bond acceptors (Lipinski definition) is 3. The van der Waals surface area contributed by atoms with Crippen molar-refractivity contribution in [3.63, 3.8) is 0 Å². The molecule has 0 saturated heterocycles. The molecule has 5 heteroatoms. The van der Waals surface area contributed by atoms with Crippen molar-refractivity contribution in [2.24, 2.45) is 0 Å². The summed E-state index contributed by atoms with van der Waals surface area (Å²) in [4.78, 5) is 0. The highest BCUT2D eigenvalue weighted by molar-refractivity contribution is 6.33. The van der Waals surface area contributed by atoms with Crippen LogP contribution in [0.15, 0.2) is 36.4 Å². The van der Waals surface area contributed by atoms with Gasteiger partial charge in [-0.15, -0.1) is 0 Å². The number of anilines is 1. The van der Waals surface area contributed by atoms with E-state index in [4.69, 9.17) is 21.1 Å². The Kier molecular flexibility index (Phi) is 5.28. The molecule has 0 amide bonds. The molecule has 0 saturated carbocycles. The molecule has 3 nitrogen and oxygen atoms in total. The lowest BCUT2D eigenvalue weighted by Gasteiger charge is -2.15. The van der Waals surface area contributed by atoms with E-state index in [2.05, 4.69) is 5.32 Å². The third-order valence-corrected chi connectivity index (χ3v) is 3.28. The third-order valence-electron chi connectivity index (χ3n) is 2.96. The second kappa shape index (κ2) is 7.18. The number of ether oxygens (including phenoxy) is 2. The highest BCUT2D eigenvalue weighted by Gasteiger charge is 2.10. The van der Waals surface area contributed by atoms with Crippen molar-refractivity contribution >= 4 is 17.3 Å². The van der Waals surface area contributed by atoms with Crippen molar-refractivity contribution < 1.29 is 13.9 Å². The molecule has 0 unspecified atom stereocenters. The molecule has 2 aromatic rings. The fourth-order valence-electron chi connectivity index (χ4n) is 2.02. The van der Waals surface area contributed by atoms with E-state index in [0.29, 0.717) is 35.4 Å². The Labute approximate surface area is 128 Å². The molecule has 0 fully saturated rings. The van der Waals surface area contributed by atoms with Gasteiger partial charge in [0.2, 0.25) is 0 Å². The molecule has 0 aromatic heterocycles. The molecular weight excluding hydrogens is 293 g/mol. The highest BCUT2D eigenvalue weighted by Crippen LogP contribution is 2.32. The smallest absolute Gasteiger partial charge is 0.165 e. The van der Waals surface area contributed by atoms with Crippen LogP contribution in [0.4, 0.5) is 10.1 Å². The molecular formula is C16H17ClFNO2. The van der Waals surface area contributed by atoms with E-state index in [9.17, 15) is 4.39 Å². The molecule has 21 heavy (non-hydrogen) atoms. The monoisotopic (exact) mass is 309 g/mol. The van der Waals surface area contributed by atoms with Crippen LogP contribution in [0.25, 0.3) is 0 Å². The van der Waals surface area contributed by atoms with Gasteiger partial charge < -0.3 is 14.8 Å². The molecule has 0 bridgehead atoms. The van der Waals surface area contributed by atoms with Gasteiger partial charge in [0.15, 0.2) is 11.5 Å². The first-order valence-electron chi connectivity index (χ1n) is 6.63. The van der Waals surface area contributed by atoms with E-state index in [1.165, 1.54) is 12.1 Å². The molecule has 2 rings (SSSR count). The summed E-state index contributed by atoms with van der Waals surface area (Å²) in [6, 6.07) is 9.94. The summed E-state index contributed by atoms with van der Waals surface area (Å²) < 4.78 is 24.0. The number of rotatable bonds is 6. The summed E-state index contributed by atoms with van der Waals surface area (Å²) in [6.07, 6.45) is 0. The lowest BCUT2D eigenvalue weighted by Crippen LogP contribution is -2.04. The maximum absolute atomic E-state index is 13.0. The fraction of sp³-hybridized carbons (Fsp3) is 0.250. The summed E-state index contributed by atoms with van der Waals surface area (Å²) in [6.45, 7) is 2.98. The van der Waals surface area contributed by atoms with Gasteiger partial charge in [0.1, 0.15) is 5.82 Å². The van der Waals surface area contributed by atoms with Crippen LogP contribution in [0.3, 0.4) is 0 Å². The predicted molar refractivity (Wildman–Crippen MR) is 82.9 cm³/mol. The Hall–Kier alpha value is -1.94. The Morgan fingerprint density at radius 3 is 2.71 bits per heavy atom. The molecule has 0 spiro atoms. The van der Waals surface area contributed by atoms with Crippen LogP contribution in [0, 0.1) is 5.82 Å². The Morgan fingerprint density at radius 1 is 1.24 bits per heavy atom. The summed E-state index contributed by atoms with van der Waals surface area (Å²) >= 11 is 5.99. The average Bonchev–Trinajstić information content (AvgIpc) is 2.47. The summed E-state index contributed by atoms with van der Waals surface area (Å²) in [5.41, 5.74) is 1.60. The zero-order valence-electron chi connectivity index (χ0n) is 12.0. The Morgan fingerprint density at radius 2 is 2.05 bits per heavy atom. The molecule has 0 radical (unpaired) electrons. The van der Waals surface area contributed by atoms with Crippen molar-refractivity contribution in [1.29, 1.82) is 0 Å². The lowest BCUT2D eigenvalue weighted by atomic mass is 10.1. The van der Waals surface area contributed by atoms with Gasteiger partial charge in [0.25, 0.3) is 0 Å². The standard InChI is InChI=1S/C16H17ClFNO2/c1-3-21-15-6-4-5-11(16(15)20-2)10-19-14-8-7-12(18)9-13(14)17/h4-9,19H,3,10H2,1-2H3. The van der Waals surface area contributed by atoms with Crippen LogP contribution in [-0.4, -0.2) is 13.7 Å². The van der Waals surface area contributed by atoms with E-state index in [1.54, 1.807) is 13.2 Å². The SMILES string of the molecule is CCOc1cccc(CNc2ccc(F)cc2Cl)c1OC. The first-order valence-corrected chi connectivity index (χ1v) is 7.01. The largest absolute Gasteiger partial charge is 0.493 e. The quantitative estimate of drug-likeness (QED) is 0.852. The van der Waals surface area contributed by atoms with Gasteiger partial charge in [-0.1, -0.05) is 23.7 Å². The summed E-state index contributed by atoms with van der Waals surface area (Å²) in [5, 5.41) is 3.51. The van der Waals surface area contributed by atoms with Gasteiger partial charge >= 0.3 is 0 Å². The number of hydrogen-bond donors (Lipinski definition) is 1. The maximum atomic E-state index is 13.0. The molecule has 0 aliphatic carbocycles. The van der Waals surface area contributed by atoms with Crippen molar-refractivity contribution in [3.05, 3.63) is 52.8 Å². The number of nitrogens with one attached hydrogen (secondary N) is 1. The van der Waals surface area contributed by atoms with Crippen molar-refractivity contribution in [3.8, 4) is 11.5 Å². The van der Waals surface area contributed by atoms with Crippen LogP contribution in [0.5, 0.6) is 11.5 Å². The molecule has 0 aliphatic rings. The minimum Gasteiger partial charge on any atom is -0.493 e. The van der Waals surface area contributed by atoms with Crippen LogP contribution in [-0.2, 0) is 6.54 Å². The molecule has 1 N–H and O–H groups in total. The predicted octanol–water partition coefficient (Wildman–Crippen LogP) is 4.50. The van der Waals surface area contributed by atoms with Crippen molar-refractivity contribution in [2.75, 3.05) is 19.0 Å². The topological polar surface area (TPSA) is 30.5 Å². The van der Waals surface area contributed by atoms with Gasteiger partial charge in [0, 0.05) is 12.1 Å². The number of benzene rings is 2. The van der Waals surface area contributed by atoms with E-state index in [-0.39, 0.29) is 5.82 Å². The summed E-state index contributed by atoms with van der Waals surface area (Å²) in [7, 11) is 1.60. The first-order chi connectivity index (χ1) is 10.2. The maximum Gasteiger partial charge on any atom is 0.165 e. The molecule has 0 heterocycles. The van der Waals surface area contributed by atoms with Crippen LogP contribution >= 0.6 is 11.6 Å². The molecule has 2 aromatic carbocycles. The van der Waals surface area contributed by atoms with E-state index in [0.717, 1.165) is 5.56 Å². The summed E-state index contributed by atoms with van der Waals surface area (Å²) in [5.74, 6) is 1.02. The molecule has 0 aliphatic heterocycles. The van der Waals surface area contributed by atoms with Gasteiger partial charge in [0.05, 0.1) is 24.4 Å². The first kappa shape index (κ1) is 15.4. The van der Waals surface area contributed by atoms with E-state index < -0.39 is 0 Å². The van der Waals surface area contributed by atoms with E-state index in [1.807, 2.05) is 25.1 Å². The van der Waals surface area contributed by atoms with Gasteiger partial charge in [-0.3, -0.25) is 0 Å². The molecule has 0 atom stereocenters. The fourth-order valence-corrected chi connectivity index (χ4v) is 2.26. The Balaban J connectivity index is 2.17. The molecule has 112 valence electrons. The lowest BCUT2D eigenvalue weighted by molar-refractivity contribution is 0.309. The van der Waals surface area contributed by atoms with Gasteiger partial charge in [-0.25, -0.2) is 4.39 Å². The third kappa shape index (κ3) is 3.79. The van der Waals surface area contributed by atoms with Crippen LogP contribution in [0.1, 0.15) is 12.5 Å². The zero-order chi connectivity index (χ0) is 15.2. The van der Waals surface area contributed by atoms with Crippen LogP contribution < -0.4 is 14.8 Å². The second-order valence-electron chi connectivity index (χ2n) is 4.36. The number of methoxy groups -OCH3 is 1. The van der Waals surface area contributed by atoms with Crippen LogP contribution in [0.2, 0.25) is 5.02 Å². The number of para-hydroxylation sites is 1. The average molecular weight is 310 g/mol. The second-order valence-corrected chi connectivity index (χ2v) is 4.77. The zero-order valence-corrected chi connectivity index (χ0v) is 12.7. The van der Waals surface area contributed by atoms with Crippen molar-refractivity contribution in [2.45, 2.75) is 13.5 Å². The minimum absolute atomic E-state index is 0.343. The number of halogens is 2.